The minimum Gasteiger partial charge on any atom is -0.350 e. The van der Waals surface area contributed by atoms with Crippen LogP contribution in [0.3, 0.4) is 0 Å². The smallest absolute Gasteiger partial charge is 0.251 e. The molecule has 27 heavy (non-hydrogen) atoms. The molecule has 0 aliphatic heterocycles. The van der Waals surface area contributed by atoms with Crippen LogP contribution in [0.4, 0.5) is 0 Å². The van der Waals surface area contributed by atoms with Crippen molar-refractivity contribution in [2.45, 2.75) is 37.2 Å². The van der Waals surface area contributed by atoms with E-state index >= 15 is 0 Å². The molecule has 0 aromatic heterocycles. The SMILES string of the molecule is CC(C)(C)NS(=O)(=O)c1ccc(C(=O)NCC(N)c2ccccc2)cc1.Cl. The quantitative estimate of drug-likeness (QED) is 0.679. The number of halogens is 1. The Kier molecular flexibility index (Phi) is 7.98. The van der Waals surface area contributed by atoms with Crippen LogP contribution in [0.25, 0.3) is 0 Å². The van der Waals surface area contributed by atoms with E-state index in [2.05, 4.69) is 10.0 Å². The first-order valence-electron chi connectivity index (χ1n) is 8.31. The summed E-state index contributed by atoms with van der Waals surface area (Å²) in [5, 5.41) is 2.76. The van der Waals surface area contributed by atoms with Crippen LogP contribution in [0.5, 0.6) is 0 Å². The van der Waals surface area contributed by atoms with Crippen molar-refractivity contribution < 1.29 is 13.2 Å². The van der Waals surface area contributed by atoms with E-state index < -0.39 is 15.6 Å². The summed E-state index contributed by atoms with van der Waals surface area (Å²) in [6, 6.07) is 15.0. The molecule has 1 unspecified atom stereocenters. The summed E-state index contributed by atoms with van der Waals surface area (Å²) in [6.07, 6.45) is 0. The van der Waals surface area contributed by atoms with Gasteiger partial charge in [0, 0.05) is 23.7 Å². The van der Waals surface area contributed by atoms with E-state index in [0.717, 1.165) is 5.56 Å². The minimum atomic E-state index is -3.62. The fourth-order valence-electron chi connectivity index (χ4n) is 2.37. The molecule has 8 heteroatoms. The molecule has 0 bridgehead atoms. The summed E-state index contributed by atoms with van der Waals surface area (Å²) in [5.41, 5.74) is 6.79. The minimum absolute atomic E-state index is 0. The van der Waals surface area contributed by atoms with Gasteiger partial charge in [-0.05, 0) is 50.6 Å². The molecule has 0 aliphatic carbocycles. The number of benzene rings is 2. The van der Waals surface area contributed by atoms with Gasteiger partial charge in [0.2, 0.25) is 10.0 Å². The predicted octanol–water partition coefficient (Wildman–Crippen LogP) is 2.62. The van der Waals surface area contributed by atoms with Gasteiger partial charge in [0.25, 0.3) is 5.91 Å². The zero-order chi connectivity index (χ0) is 19.4. The number of carbonyl (C=O) groups excluding carboxylic acids is 1. The van der Waals surface area contributed by atoms with E-state index in [4.69, 9.17) is 5.73 Å². The van der Waals surface area contributed by atoms with Gasteiger partial charge in [0.05, 0.1) is 4.90 Å². The lowest BCUT2D eigenvalue weighted by Gasteiger charge is -2.20. The number of sulfonamides is 1. The molecule has 2 rings (SSSR count). The van der Waals surface area contributed by atoms with Gasteiger partial charge in [0.1, 0.15) is 0 Å². The van der Waals surface area contributed by atoms with E-state index in [1.54, 1.807) is 20.8 Å². The van der Waals surface area contributed by atoms with E-state index in [1.807, 2.05) is 30.3 Å². The van der Waals surface area contributed by atoms with E-state index in [0.29, 0.717) is 5.56 Å². The standard InChI is InChI=1S/C19H25N3O3S.ClH/c1-19(2,3)22-26(24,25)16-11-9-15(10-12-16)18(23)21-13-17(20)14-7-5-4-6-8-14;/h4-12,17,22H,13,20H2,1-3H3,(H,21,23);1H. The maximum Gasteiger partial charge on any atom is 0.251 e. The van der Waals surface area contributed by atoms with Gasteiger partial charge in [-0.2, -0.15) is 0 Å². The zero-order valence-corrected chi connectivity index (χ0v) is 17.2. The lowest BCUT2D eigenvalue weighted by molar-refractivity contribution is 0.0951. The van der Waals surface area contributed by atoms with Gasteiger partial charge in [-0.15, -0.1) is 12.4 Å². The summed E-state index contributed by atoms with van der Waals surface area (Å²) < 4.78 is 27.1. The van der Waals surface area contributed by atoms with Crippen molar-refractivity contribution in [3.63, 3.8) is 0 Å². The first-order chi connectivity index (χ1) is 12.1. The first-order valence-corrected chi connectivity index (χ1v) is 9.79. The van der Waals surface area contributed by atoms with Crippen LogP contribution in [0.2, 0.25) is 0 Å². The Bertz CT molecular complexity index is 848. The second kappa shape index (κ2) is 9.32. The Morgan fingerprint density at radius 1 is 1.04 bits per heavy atom. The molecule has 6 nitrogen and oxygen atoms in total. The van der Waals surface area contributed by atoms with Gasteiger partial charge >= 0.3 is 0 Å². The average molecular weight is 412 g/mol. The maximum atomic E-state index is 12.3. The highest BCUT2D eigenvalue weighted by atomic mass is 35.5. The molecule has 2 aromatic carbocycles. The Morgan fingerprint density at radius 3 is 2.11 bits per heavy atom. The van der Waals surface area contributed by atoms with Crippen molar-refractivity contribution in [1.82, 2.24) is 10.0 Å². The molecule has 0 saturated carbocycles. The van der Waals surface area contributed by atoms with E-state index in [9.17, 15) is 13.2 Å². The average Bonchev–Trinajstić information content (AvgIpc) is 2.58. The lowest BCUT2D eigenvalue weighted by Crippen LogP contribution is -2.40. The number of amides is 1. The maximum absolute atomic E-state index is 12.3. The fourth-order valence-corrected chi connectivity index (χ4v) is 3.79. The molecule has 1 atom stereocenters. The van der Waals surface area contributed by atoms with Crippen LogP contribution in [0.1, 0.15) is 42.7 Å². The van der Waals surface area contributed by atoms with Crippen molar-refractivity contribution in [3.8, 4) is 0 Å². The summed E-state index contributed by atoms with van der Waals surface area (Å²) in [7, 11) is -3.62. The topological polar surface area (TPSA) is 101 Å². The second-order valence-electron chi connectivity index (χ2n) is 7.11. The largest absolute Gasteiger partial charge is 0.350 e. The first kappa shape index (κ1) is 23.1. The molecule has 4 N–H and O–H groups in total. The summed E-state index contributed by atoms with van der Waals surface area (Å²) in [6.45, 7) is 5.58. The number of carbonyl (C=O) groups is 1. The molecule has 148 valence electrons. The molecule has 1 amide bonds. The van der Waals surface area contributed by atoms with Crippen molar-refractivity contribution in [1.29, 1.82) is 0 Å². The zero-order valence-electron chi connectivity index (χ0n) is 15.6. The van der Waals surface area contributed by atoms with Gasteiger partial charge in [0.15, 0.2) is 0 Å². The Balaban J connectivity index is 0.00000364. The Labute approximate surface area is 167 Å². The Hall–Kier alpha value is -1.93. The molecule has 0 spiro atoms. The third kappa shape index (κ3) is 6.95. The van der Waals surface area contributed by atoms with Crippen LogP contribution in [-0.2, 0) is 10.0 Å². The molecule has 0 fully saturated rings. The predicted molar refractivity (Wildman–Crippen MR) is 109 cm³/mol. The number of rotatable bonds is 6. The second-order valence-corrected chi connectivity index (χ2v) is 8.79. The summed E-state index contributed by atoms with van der Waals surface area (Å²) in [5.74, 6) is -0.302. The number of nitrogens with one attached hydrogen (secondary N) is 2. The van der Waals surface area contributed by atoms with Gasteiger partial charge < -0.3 is 11.1 Å². The van der Waals surface area contributed by atoms with Crippen LogP contribution in [0, 0.1) is 0 Å². The van der Waals surface area contributed by atoms with Gasteiger partial charge in [-0.3, -0.25) is 4.79 Å². The monoisotopic (exact) mass is 411 g/mol. The molecule has 0 saturated heterocycles. The van der Waals surface area contributed by atoms with Gasteiger partial charge in [-0.1, -0.05) is 30.3 Å². The van der Waals surface area contributed by atoms with Crippen molar-refractivity contribution in [2.24, 2.45) is 5.73 Å². The van der Waals surface area contributed by atoms with E-state index in [-0.39, 0.29) is 35.8 Å². The number of nitrogens with two attached hydrogens (primary N) is 1. The van der Waals surface area contributed by atoms with Crippen molar-refractivity contribution in [3.05, 3.63) is 65.7 Å². The highest BCUT2D eigenvalue weighted by Crippen LogP contribution is 2.14. The summed E-state index contributed by atoms with van der Waals surface area (Å²) >= 11 is 0. The molecule has 0 heterocycles. The number of hydrogen-bond acceptors (Lipinski definition) is 4. The molecule has 0 aliphatic rings. The highest BCUT2D eigenvalue weighted by molar-refractivity contribution is 7.89. The van der Waals surface area contributed by atoms with E-state index in [1.165, 1.54) is 24.3 Å². The van der Waals surface area contributed by atoms with Crippen molar-refractivity contribution in [2.75, 3.05) is 6.54 Å². The summed E-state index contributed by atoms with van der Waals surface area (Å²) in [4.78, 5) is 12.4. The number of hydrogen-bond donors (Lipinski definition) is 3. The van der Waals surface area contributed by atoms with Gasteiger partial charge in [-0.25, -0.2) is 13.1 Å². The molecular formula is C19H26ClN3O3S. The fraction of sp³-hybridized carbons (Fsp3) is 0.316. The van der Waals surface area contributed by atoms with Crippen molar-refractivity contribution >= 4 is 28.3 Å². The van der Waals surface area contributed by atoms with Crippen LogP contribution in [0.15, 0.2) is 59.5 Å². The van der Waals surface area contributed by atoms with Crippen LogP contribution < -0.4 is 15.8 Å². The lowest BCUT2D eigenvalue weighted by atomic mass is 10.1. The highest BCUT2D eigenvalue weighted by Gasteiger charge is 2.22. The van der Waals surface area contributed by atoms with Crippen LogP contribution >= 0.6 is 12.4 Å². The normalized spacial score (nSPS) is 12.7. The third-order valence-corrected chi connectivity index (χ3v) is 5.35. The molecular weight excluding hydrogens is 386 g/mol. The third-order valence-electron chi connectivity index (χ3n) is 3.58. The van der Waals surface area contributed by atoms with Crippen LogP contribution in [-0.4, -0.2) is 26.4 Å². The molecule has 2 aromatic rings. The molecule has 0 radical (unpaired) electrons. The Morgan fingerprint density at radius 2 is 1.59 bits per heavy atom.